The van der Waals surface area contributed by atoms with E-state index in [1.807, 2.05) is 0 Å². The molecule has 2 aliphatic rings. The summed E-state index contributed by atoms with van der Waals surface area (Å²) in [6.07, 6.45) is -3.18. The minimum absolute atomic E-state index is 0.00488. The number of hydrogen-bond acceptors (Lipinski definition) is 7. The van der Waals surface area contributed by atoms with E-state index in [2.05, 4.69) is 25.8 Å². The fraction of sp³-hybridized carbons (Fsp3) is 0.333. The number of piperazine rings is 1. The third kappa shape index (κ3) is 4.44. The fourth-order valence-corrected chi connectivity index (χ4v) is 6.50. The maximum absolute atomic E-state index is 14.0. The molecule has 186 valence electrons. The van der Waals surface area contributed by atoms with Gasteiger partial charge in [-0.1, -0.05) is 23.7 Å². The monoisotopic (exact) mass is 527 g/mol. The zero-order valence-corrected chi connectivity index (χ0v) is 19.7. The largest absolute Gasteiger partial charge is 0.417 e. The number of alkyl halides is 3. The number of halogens is 4. The highest BCUT2D eigenvalue weighted by Crippen LogP contribution is 2.46. The van der Waals surface area contributed by atoms with Crippen LogP contribution in [0.1, 0.15) is 18.4 Å². The first-order valence-electron chi connectivity index (χ1n) is 10.7. The Kier molecular flexibility index (Phi) is 5.70. The molecular weight excluding hydrogens is 507 g/mol. The molecular formula is C21H21ClF3N7O2S. The number of benzene rings is 2. The average molecular weight is 528 g/mol. The molecule has 1 saturated heterocycles. The maximum Gasteiger partial charge on any atom is 0.417 e. The van der Waals surface area contributed by atoms with Gasteiger partial charge >= 0.3 is 6.18 Å². The number of aromatic amines is 1. The third-order valence-corrected chi connectivity index (χ3v) is 8.50. The molecule has 1 aliphatic heterocycles. The van der Waals surface area contributed by atoms with Gasteiger partial charge in [-0.25, -0.2) is 13.5 Å². The Morgan fingerprint density at radius 2 is 1.89 bits per heavy atom. The van der Waals surface area contributed by atoms with E-state index in [0.29, 0.717) is 19.6 Å². The summed E-state index contributed by atoms with van der Waals surface area (Å²) >= 11 is 6.30. The lowest BCUT2D eigenvalue weighted by Gasteiger charge is -2.35. The Morgan fingerprint density at radius 3 is 2.49 bits per heavy atom. The number of anilines is 3. The van der Waals surface area contributed by atoms with Crippen molar-refractivity contribution in [2.24, 2.45) is 0 Å². The standard InChI is InChI=1S/C21H21ClF3N7O2S/c22-16-10-13(28-19-29-18(26)30-31-19)9-15(21(23,24)25)17(16)12-1-3-14(4-2-12)35(33,34)32-8-7-27-11-20(32)5-6-20/h1-4,9-10,27H,5-8,11H2,(H4,26,28,29,30,31). The Bertz CT molecular complexity index is 1370. The minimum atomic E-state index is -4.74. The summed E-state index contributed by atoms with van der Waals surface area (Å²) < 4.78 is 70.0. The quantitative estimate of drug-likeness (QED) is 0.399. The van der Waals surface area contributed by atoms with E-state index >= 15 is 0 Å². The van der Waals surface area contributed by atoms with Gasteiger partial charge in [-0.15, -0.1) is 5.10 Å². The average Bonchev–Trinajstić information content (AvgIpc) is 3.43. The Hall–Kier alpha value is -2.87. The molecule has 5 rings (SSSR count). The van der Waals surface area contributed by atoms with Crippen LogP contribution in [0, 0.1) is 0 Å². The molecule has 9 nitrogen and oxygen atoms in total. The number of hydrogen-bond donors (Lipinski definition) is 4. The van der Waals surface area contributed by atoms with Crippen molar-refractivity contribution in [1.82, 2.24) is 24.8 Å². The zero-order valence-electron chi connectivity index (χ0n) is 18.2. The first-order chi connectivity index (χ1) is 16.5. The van der Waals surface area contributed by atoms with Crippen LogP contribution in [-0.4, -0.2) is 53.1 Å². The van der Waals surface area contributed by atoms with E-state index in [0.717, 1.165) is 18.9 Å². The number of nitrogens with zero attached hydrogens (tertiary/aromatic N) is 3. The van der Waals surface area contributed by atoms with Crippen molar-refractivity contribution in [2.45, 2.75) is 29.5 Å². The second-order valence-corrected chi connectivity index (χ2v) is 10.8. The number of nitrogens with one attached hydrogen (secondary N) is 3. The molecule has 1 saturated carbocycles. The lowest BCUT2D eigenvalue weighted by molar-refractivity contribution is -0.137. The van der Waals surface area contributed by atoms with Crippen molar-refractivity contribution in [1.29, 1.82) is 0 Å². The molecule has 0 amide bonds. The van der Waals surface area contributed by atoms with Crippen molar-refractivity contribution < 1.29 is 21.6 Å². The van der Waals surface area contributed by atoms with Crippen molar-refractivity contribution in [3.63, 3.8) is 0 Å². The molecule has 0 atom stereocenters. The van der Waals surface area contributed by atoms with Gasteiger partial charge in [-0.05, 0) is 42.7 Å². The van der Waals surface area contributed by atoms with Crippen LogP contribution in [-0.2, 0) is 16.2 Å². The van der Waals surface area contributed by atoms with Crippen LogP contribution in [0.25, 0.3) is 11.1 Å². The Morgan fingerprint density at radius 1 is 1.17 bits per heavy atom. The van der Waals surface area contributed by atoms with Crippen LogP contribution in [0.15, 0.2) is 41.3 Å². The number of rotatable bonds is 5. The van der Waals surface area contributed by atoms with Gasteiger partial charge in [0.1, 0.15) is 0 Å². The molecule has 0 radical (unpaired) electrons. The molecule has 1 spiro atoms. The molecule has 5 N–H and O–H groups in total. The normalized spacial score (nSPS) is 18.1. The highest BCUT2D eigenvalue weighted by atomic mass is 35.5. The molecule has 2 aromatic carbocycles. The smallest absolute Gasteiger partial charge is 0.368 e. The van der Waals surface area contributed by atoms with Gasteiger partial charge in [0.2, 0.25) is 21.9 Å². The molecule has 35 heavy (non-hydrogen) atoms. The Balaban J connectivity index is 1.49. The van der Waals surface area contributed by atoms with Gasteiger partial charge in [0.05, 0.1) is 15.5 Å². The van der Waals surface area contributed by atoms with Gasteiger partial charge in [-0.3, -0.25) is 0 Å². The lowest BCUT2D eigenvalue weighted by Crippen LogP contribution is -2.55. The van der Waals surface area contributed by atoms with Gasteiger partial charge in [0, 0.05) is 36.4 Å². The van der Waals surface area contributed by atoms with E-state index in [1.165, 1.54) is 34.6 Å². The molecule has 2 heterocycles. The van der Waals surface area contributed by atoms with Crippen LogP contribution in [0.4, 0.5) is 30.8 Å². The zero-order chi connectivity index (χ0) is 25.0. The van der Waals surface area contributed by atoms with Crippen molar-refractivity contribution >= 4 is 39.2 Å². The van der Waals surface area contributed by atoms with Crippen molar-refractivity contribution in [2.75, 3.05) is 30.7 Å². The lowest BCUT2D eigenvalue weighted by atomic mass is 9.98. The number of nitrogens with two attached hydrogens (primary N) is 1. The maximum atomic E-state index is 14.0. The van der Waals surface area contributed by atoms with Gasteiger partial charge < -0.3 is 16.4 Å². The molecule has 1 aliphatic carbocycles. The summed E-state index contributed by atoms with van der Waals surface area (Å²) in [6, 6.07) is 7.52. The van der Waals surface area contributed by atoms with Crippen LogP contribution in [0.5, 0.6) is 0 Å². The number of H-pyrrole nitrogens is 1. The number of nitrogen functional groups attached to an aromatic ring is 1. The summed E-state index contributed by atoms with van der Waals surface area (Å²) in [7, 11) is -3.79. The predicted octanol–water partition coefficient (Wildman–Crippen LogP) is 3.60. The highest BCUT2D eigenvalue weighted by Gasteiger charge is 2.54. The van der Waals surface area contributed by atoms with Crippen LogP contribution in [0.2, 0.25) is 5.02 Å². The first-order valence-corrected chi connectivity index (χ1v) is 12.5. The van der Waals surface area contributed by atoms with E-state index in [-0.39, 0.29) is 38.6 Å². The molecule has 0 unspecified atom stereocenters. The SMILES string of the molecule is Nc1nc(Nc2cc(Cl)c(-c3ccc(S(=O)(=O)N4CCNCC45CC5)cc3)c(C(F)(F)F)c2)n[nH]1. The van der Waals surface area contributed by atoms with E-state index in [4.69, 9.17) is 17.3 Å². The predicted molar refractivity (Wildman–Crippen MR) is 125 cm³/mol. The molecule has 2 fully saturated rings. The summed E-state index contributed by atoms with van der Waals surface area (Å²) in [5.41, 5.74) is 3.93. The summed E-state index contributed by atoms with van der Waals surface area (Å²) in [6.45, 7) is 1.49. The van der Waals surface area contributed by atoms with E-state index < -0.39 is 27.3 Å². The second kappa shape index (κ2) is 8.36. The third-order valence-electron chi connectivity index (χ3n) is 6.19. The second-order valence-electron chi connectivity index (χ2n) is 8.55. The molecule has 3 aromatic rings. The molecule has 1 aromatic heterocycles. The molecule has 14 heteroatoms. The van der Waals surface area contributed by atoms with Crippen molar-refractivity contribution in [3.05, 3.63) is 47.0 Å². The van der Waals surface area contributed by atoms with Crippen LogP contribution >= 0.6 is 11.6 Å². The van der Waals surface area contributed by atoms with Crippen LogP contribution in [0.3, 0.4) is 0 Å². The topological polar surface area (TPSA) is 129 Å². The van der Waals surface area contributed by atoms with Crippen LogP contribution < -0.4 is 16.4 Å². The van der Waals surface area contributed by atoms with Gasteiger partial charge in [0.15, 0.2) is 0 Å². The number of sulfonamides is 1. The summed E-state index contributed by atoms with van der Waals surface area (Å²) in [5, 5.41) is 11.8. The minimum Gasteiger partial charge on any atom is -0.368 e. The fourth-order valence-electron chi connectivity index (χ4n) is 4.35. The van der Waals surface area contributed by atoms with E-state index in [1.54, 1.807) is 0 Å². The van der Waals surface area contributed by atoms with Gasteiger partial charge in [-0.2, -0.15) is 22.5 Å². The van der Waals surface area contributed by atoms with Crippen molar-refractivity contribution in [3.8, 4) is 11.1 Å². The first kappa shape index (κ1) is 23.9. The Labute approximate surface area is 203 Å². The highest BCUT2D eigenvalue weighted by molar-refractivity contribution is 7.89. The summed E-state index contributed by atoms with van der Waals surface area (Å²) in [5.74, 6) is -0.0231. The van der Waals surface area contributed by atoms with E-state index in [9.17, 15) is 21.6 Å². The number of aromatic nitrogens is 3. The summed E-state index contributed by atoms with van der Waals surface area (Å²) in [4.78, 5) is 3.83. The molecule has 0 bridgehead atoms. The van der Waals surface area contributed by atoms with Gasteiger partial charge in [0.25, 0.3) is 0 Å².